The van der Waals surface area contributed by atoms with Crippen LogP contribution in [-0.2, 0) is 4.79 Å². The number of carbonyl (C=O) groups is 1. The van der Waals surface area contributed by atoms with Crippen molar-refractivity contribution in [1.29, 1.82) is 0 Å². The van der Waals surface area contributed by atoms with E-state index < -0.39 is 0 Å². The van der Waals surface area contributed by atoms with E-state index in [0.717, 1.165) is 18.8 Å². The van der Waals surface area contributed by atoms with Crippen molar-refractivity contribution in [1.82, 2.24) is 0 Å². The fraction of sp³-hybridized carbons (Fsp3) is 0.900. The maximum absolute atomic E-state index is 11.5. The first kappa shape index (κ1) is 7.33. The number of fused-ring (bicyclic) bond motifs is 1. The minimum absolute atomic E-state index is 0.462. The molecule has 0 aromatic rings. The summed E-state index contributed by atoms with van der Waals surface area (Å²) < 4.78 is 0. The van der Waals surface area contributed by atoms with Crippen LogP contribution in [0.1, 0.15) is 39.0 Å². The number of ketones is 1. The Balaban J connectivity index is 2.14. The van der Waals surface area contributed by atoms with Crippen LogP contribution >= 0.6 is 0 Å². The highest BCUT2D eigenvalue weighted by Crippen LogP contribution is 2.43. The molecular weight excluding hydrogens is 136 g/mol. The van der Waals surface area contributed by atoms with Crippen LogP contribution < -0.4 is 0 Å². The van der Waals surface area contributed by atoms with Crippen LogP contribution in [0.4, 0.5) is 0 Å². The van der Waals surface area contributed by atoms with Gasteiger partial charge in [-0.3, -0.25) is 4.79 Å². The fourth-order valence-electron chi connectivity index (χ4n) is 2.91. The molecule has 2 aliphatic rings. The molecule has 0 heterocycles. The Kier molecular flexibility index (Phi) is 1.74. The third-order valence-electron chi connectivity index (χ3n) is 3.48. The lowest BCUT2D eigenvalue weighted by Gasteiger charge is -2.26. The molecular formula is C10H16O. The minimum Gasteiger partial charge on any atom is -0.299 e. The molecule has 3 atom stereocenters. The van der Waals surface area contributed by atoms with Crippen LogP contribution in [0, 0.1) is 17.8 Å². The van der Waals surface area contributed by atoms with E-state index in [0.29, 0.717) is 17.6 Å². The lowest BCUT2D eigenvalue weighted by atomic mass is 9.78. The molecule has 0 radical (unpaired) electrons. The van der Waals surface area contributed by atoms with Crippen LogP contribution in [0.3, 0.4) is 0 Å². The lowest BCUT2D eigenvalue weighted by Crippen LogP contribution is -2.27. The molecule has 0 aliphatic heterocycles. The molecule has 2 fully saturated rings. The molecule has 2 saturated carbocycles. The molecule has 0 aromatic carbocycles. The highest BCUT2D eigenvalue weighted by Gasteiger charge is 2.39. The van der Waals surface area contributed by atoms with Gasteiger partial charge in [-0.05, 0) is 37.5 Å². The summed E-state index contributed by atoms with van der Waals surface area (Å²) in [6, 6.07) is 0. The molecule has 62 valence electrons. The van der Waals surface area contributed by atoms with E-state index in [-0.39, 0.29) is 0 Å². The average molecular weight is 152 g/mol. The second-order valence-electron chi connectivity index (χ2n) is 4.20. The van der Waals surface area contributed by atoms with E-state index in [2.05, 4.69) is 6.92 Å². The van der Waals surface area contributed by atoms with Crippen molar-refractivity contribution in [3.8, 4) is 0 Å². The second-order valence-corrected chi connectivity index (χ2v) is 4.20. The predicted octanol–water partition coefficient (Wildman–Crippen LogP) is 2.40. The molecule has 2 aliphatic carbocycles. The standard InChI is InChI=1S/C10H16O/c1-7-5-6-8-3-2-4-9(11)10(7)8/h7-8,10H,2-6H2,1H3/t7-,8-,10+/m1/s1. The molecule has 0 aromatic heterocycles. The van der Waals surface area contributed by atoms with Gasteiger partial charge in [-0.1, -0.05) is 6.92 Å². The van der Waals surface area contributed by atoms with Gasteiger partial charge < -0.3 is 0 Å². The average Bonchev–Trinajstić information content (AvgIpc) is 2.34. The summed E-state index contributed by atoms with van der Waals surface area (Å²) in [5.74, 6) is 2.48. The summed E-state index contributed by atoms with van der Waals surface area (Å²) >= 11 is 0. The molecule has 0 unspecified atom stereocenters. The minimum atomic E-state index is 0.462. The Morgan fingerprint density at radius 1 is 1.27 bits per heavy atom. The van der Waals surface area contributed by atoms with Crippen LogP contribution in [-0.4, -0.2) is 5.78 Å². The Bertz CT molecular complexity index is 172. The Hall–Kier alpha value is -0.330. The van der Waals surface area contributed by atoms with E-state index in [1.165, 1.54) is 19.3 Å². The van der Waals surface area contributed by atoms with Crippen molar-refractivity contribution < 1.29 is 4.79 Å². The number of rotatable bonds is 0. The van der Waals surface area contributed by atoms with Crippen LogP contribution in [0.25, 0.3) is 0 Å². The molecule has 0 amide bonds. The summed E-state index contributed by atoms with van der Waals surface area (Å²) in [4.78, 5) is 11.5. The van der Waals surface area contributed by atoms with Crippen molar-refractivity contribution in [3.05, 3.63) is 0 Å². The Labute approximate surface area is 68.2 Å². The topological polar surface area (TPSA) is 17.1 Å². The van der Waals surface area contributed by atoms with Gasteiger partial charge in [-0.15, -0.1) is 0 Å². The van der Waals surface area contributed by atoms with E-state index >= 15 is 0 Å². The summed E-state index contributed by atoms with van der Waals surface area (Å²) in [6.07, 6.45) is 5.96. The predicted molar refractivity (Wildman–Crippen MR) is 44.2 cm³/mol. The smallest absolute Gasteiger partial charge is 0.136 e. The molecule has 0 bridgehead atoms. The Morgan fingerprint density at radius 2 is 2.09 bits per heavy atom. The van der Waals surface area contributed by atoms with Gasteiger partial charge in [0.05, 0.1) is 0 Å². The SMILES string of the molecule is C[C@@H]1CC[C@H]2CCCC(=O)[C@H]21. The first-order valence-corrected chi connectivity index (χ1v) is 4.82. The number of Topliss-reactive ketones (excluding diaryl/α,β-unsaturated/α-hetero) is 1. The molecule has 2 rings (SSSR count). The third kappa shape index (κ3) is 1.11. The molecule has 0 spiro atoms. The van der Waals surface area contributed by atoms with Crippen molar-refractivity contribution in [2.24, 2.45) is 17.8 Å². The first-order chi connectivity index (χ1) is 5.29. The van der Waals surface area contributed by atoms with Crippen molar-refractivity contribution in [2.75, 3.05) is 0 Å². The van der Waals surface area contributed by atoms with Gasteiger partial charge in [0.2, 0.25) is 0 Å². The van der Waals surface area contributed by atoms with Gasteiger partial charge in [-0.25, -0.2) is 0 Å². The van der Waals surface area contributed by atoms with Gasteiger partial charge in [-0.2, -0.15) is 0 Å². The summed E-state index contributed by atoms with van der Waals surface area (Å²) in [6.45, 7) is 2.24. The fourth-order valence-corrected chi connectivity index (χ4v) is 2.91. The van der Waals surface area contributed by atoms with Gasteiger partial charge in [0.15, 0.2) is 0 Å². The number of carbonyl (C=O) groups excluding carboxylic acids is 1. The quantitative estimate of drug-likeness (QED) is 0.521. The maximum atomic E-state index is 11.5. The zero-order valence-electron chi connectivity index (χ0n) is 7.18. The lowest BCUT2D eigenvalue weighted by molar-refractivity contribution is -0.127. The monoisotopic (exact) mass is 152 g/mol. The summed E-state index contributed by atoms with van der Waals surface area (Å²) in [5, 5.41) is 0. The first-order valence-electron chi connectivity index (χ1n) is 4.82. The van der Waals surface area contributed by atoms with Crippen molar-refractivity contribution in [3.63, 3.8) is 0 Å². The summed E-state index contributed by atoms with van der Waals surface area (Å²) in [5.41, 5.74) is 0. The van der Waals surface area contributed by atoms with Crippen LogP contribution in [0.2, 0.25) is 0 Å². The largest absolute Gasteiger partial charge is 0.299 e. The van der Waals surface area contributed by atoms with Crippen molar-refractivity contribution >= 4 is 5.78 Å². The molecule has 0 N–H and O–H groups in total. The maximum Gasteiger partial charge on any atom is 0.136 e. The van der Waals surface area contributed by atoms with Crippen LogP contribution in [0.5, 0.6) is 0 Å². The van der Waals surface area contributed by atoms with Crippen molar-refractivity contribution in [2.45, 2.75) is 39.0 Å². The molecule has 1 nitrogen and oxygen atoms in total. The second kappa shape index (κ2) is 2.62. The highest BCUT2D eigenvalue weighted by molar-refractivity contribution is 5.82. The van der Waals surface area contributed by atoms with Gasteiger partial charge in [0.25, 0.3) is 0 Å². The normalized spacial score (nSPS) is 44.1. The highest BCUT2D eigenvalue weighted by atomic mass is 16.1. The van der Waals surface area contributed by atoms with E-state index in [1.54, 1.807) is 0 Å². The van der Waals surface area contributed by atoms with E-state index in [4.69, 9.17) is 0 Å². The number of hydrogen-bond acceptors (Lipinski definition) is 1. The molecule has 11 heavy (non-hydrogen) atoms. The zero-order valence-corrected chi connectivity index (χ0v) is 7.18. The molecule has 0 saturated heterocycles. The van der Waals surface area contributed by atoms with Gasteiger partial charge in [0.1, 0.15) is 5.78 Å². The summed E-state index contributed by atoms with van der Waals surface area (Å²) in [7, 11) is 0. The van der Waals surface area contributed by atoms with E-state index in [9.17, 15) is 4.79 Å². The van der Waals surface area contributed by atoms with Gasteiger partial charge >= 0.3 is 0 Å². The molecule has 1 heteroatoms. The Morgan fingerprint density at radius 3 is 2.82 bits per heavy atom. The zero-order chi connectivity index (χ0) is 7.84. The van der Waals surface area contributed by atoms with Gasteiger partial charge in [0, 0.05) is 12.3 Å². The third-order valence-corrected chi connectivity index (χ3v) is 3.48. The van der Waals surface area contributed by atoms with Crippen LogP contribution in [0.15, 0.2) is 0 Å². The van der Waals surface area contributed by atoms with E-state index in [1.807, 2.05) is 0 Å². The number of hydrogen-bond donors (Lipinski definition) is 0.